The molecule has 2 heteroatoms. The van der Waals surface area contributed by atoms with Crippen molar-refractivity contribution in [2.75, 3.05) is 6.54 Å². The smallest absolute Gasteiger partial charge is 0.0178 e. The van der Waals surface area contributed by atoms with Crippen LogP contribution in [0.3, 0.4) is 0 Å². The Morgan fingerprint density at radius 1 is 1.25 bits per heavy atom. The standard InChI is InChI=1S/C18H28BrN/c1-4-20-18(12-15-6-5-7-17(19)11-15)16-9-8-13(2)14(3)10-16/h5-7,11,13-14,16,18,20H,4,8-10,12H2,1-3H3. The van der Waals surface area contributed by atoms with E-state index in [2.05, 4.69) is 66.3 Å². The summed E-state index contributed by atoms with van der Waals surface area (Å²) in [4.78, 5) is 0. The van der Waals surface area contributed by atoms with Crippen LogP contribution < -0.4 is 5.32 Å². The first kappa shape index (κ1) is 16.0. The third-order valence-electron chi connectivity index (χ3n) is 5.02. The second kappa shape index (κ2) is 7.61. The first-order valence-corrected chi connectivity index (χ1v) is 8.87. The van der Waals surface area contributed by atoms with Crippen molar-refractivity contribution < 1.29 is 0 Å². The molecule has 1 N–H and O–H groups in total. The molecule has 0 aliphatic heterocycles. The summed E-state index contributed by atoms with van der Waals surface area (Å²) >= 11 is 3.58. The summed E-state index contributed by atoms with van der Waals surface area (Å²) in [6.07, 6.45) is 5.31. The van der Waals surface area contributed by atoms with E-state index in [4.69, 9.17) is 0 Å². The highest BCUT2D eigenvalue weighted by molar-refractivity contribution is 9.10. The van der Waals surface area contributed by atoms with Gasteiger partial charge < -0.3 is 5.32 Å². The van der Waals surface area contributed by atoms with Gasteiger partial charge in [-0.2, -0.15) is 0 Å². The Morgan fingerprint density at radius 2 is 2.05 bits per heavy atom. The van der Waals surface area contributed by atoms with Crippen LogP contribution in [0.4, 0.5) is 0 Å². The Kier molecular flexibility index (Phi) is 6.10. The second-order valence-corrected chi connectivity index (χ2v) is 7.44. The molecule has 20 heavy (non-hydrogen) atoms. The Balaban J connectivity index is 2.03. The fourth-order valence-corrected chi connectivity index (χ4v) is 3.99. The van der Waals surface area contributed by atoms with E-state index in [1.165, 1.54) is 29.3 Å². The fraction of sp³-hybridized carbons (Fsp3) is 0.667. The molecular weight excluding hydrogens is 310 g/mol. The lowest BCUT2D eigenvalue weighted by Gasteiger charge is -2.37. The molecule has 1 aromatic carbocycles. The van der Waals surface area contributed by atoms with Gasteiger partial charge in [0.25, 0.3) is 0 Å². The summed E-state index contributed by atoms with van der Waals surface area (Å²) in [6, 6.07) is 9.40. The lowest BCUT2D eigenvalue weighted by molar-refractivity contribution is 0.171. The molecule has 1 saturated carbocycles. The van der Waals surface area contributed by atoms with Crippen LogP contribution in [-0.4, -0.2) is 12.6 Å². The highest BCUT2D eigenvalue weighted by Gasteiger charge is 2.29. The lowest BCUT2D eigenvalue weighted by atomic mass is 9.72. The van der Waals surface area contributed by atoms with Crippen molar-refractivity contribution in [3.63, 3.8) is 0 Å². The molecule has 4 atom stereocenters. The molecule has 1 aliphatic rings. The van der Waals surface area contributed by atoms with Crippen LogP contribution in [0.5, 0.6) is 0 Å². The van der Waals surface area contributed by atoms with Gasteiger partial charge in [0.05, 0.1) is 0 Å². The van der Waals surface area contributed by atoms with E-state index in [-0.39, 0.29) is 0 Å². The van der Waals surface area contributed by atoms with Crippen LogP contribution in [0.2, 0.25) is 0 Å². The molecule has 0 radical (unpaired) electrons. The molecule has 0 heterocycles. The van der Waals surface area contributed by atoms with Crippen LogP contribution >= 0.6 is 15.9 Å². The Morgan fingerprint density at radius 3 is 2.70 bits per heavy atom. The molecule has 112 valence electrons. The molecule has 4 unspecified atom stereocenters. The third kappa shape index (κ3) is 4.33. The monoisotopic (exact) mass is 337 g/mol. The Bertz CT molecular complexity index is 418. The maximum absolute atomic E-state index is 3.74. The van der Waals surface area contributed by atoms with Crippen LogP contribution in [0.1, 0.15) is 45.6 Å². The average molecular weight is 338 g/mol. The van der Waals surface area contributed by atoms with Crippen molar-refractivity contribution in [1.82, 2.24) is 5.32 Å². The summed E-state index contributed by atoms with van der Waals surface area (Å²) in [5.41, 5.74) is 1.44. The second-order valence-electron chi connectivity index (χ2n) is 6.53. The van der Waals surface area contributed by atoms with E-state index in [0.29, 0.717) is 6.04 Å². The highest BCUT2D eigenvalue weighted by Crippen LogP contribution is 2.35. The molecule has 0 spiro atoms. The molecule has 1 aliphatic carbocycles. The van der Waals surface area contributed by atoms with Gasteiger partial charge in [0, 0.05) is 10.5 Å². The van der Waals surface area contributed by atoms with Crippen molar-refractivity contribution in [3.05, 3.63) is 34.3 Å². The first-order chi connectivity index (χ1) is 9.60. The van der Waals surface area contributed by atoms with Gasteiger partial charge in [-0.05, 0) is 61.3 Å². The Labute approximate surface area is 132 Å². The van der Waals surface area contributed by atoms with E-state index in [0.717, 1.165) is 30.7 Å². The van der Waals surface area contributed by atoms with Crippen LogP contribution in [0.25, 0.3) is 0 Å². The molecule has 0 saturated heterocycles. The van der Waals surface area contributed by atoms with Crippen LogP contribution in [-0.2, 0) is 6.42 Å². The van der Waals surface area contributed by atoms with Gasteiger partial charge in [0.1, 0.15) is 0 Å². The number of nitrogens with one attached hydrogen (secondary N) is 1. The zero-order chi connectivity index (χ0) is 14.5. The third-order valence-corrected chi connectivity index (χ3v) is 5.51. The van der Waals surface area contributed by atoms with E-state index in [9.17, 15) is 0 Å². The summed E-state index contributed by atoms with van der Waals surface area (Å²) in [7, 11) is 0. The molecule has 2 rings (SSSR count). The summed E-state index contributed by atoms with van der Waals surface area (Å²) in [6.45, 7) is 8.14. The van der Waals surface area contributed by atoms with Crippen molar-refractivity contribution in [3.8, 4) is 0 Å². The molecule has 0 bridgehead atoms. The van der Waals surface area contributed by atoms with Gasteiger partial charge in [0.15, 0.2) is 0 Å². The summed E-state index contributed by atoms with van der Waals surface area (Å²) in [5.74, 6) is 2.61. The minimum absolute atomic E-state index is 0.629. The Hall–Kier alpha value is -0.340. The van der Waals surface area contributed by atoms with Crippen molar-refractivity contribution >= 4 is 15.9 Å². The minimum Gasteiger partial charge on any atom is -0.314 e. The van der Waals surface area contributed by atoms with Gasteiger partial charge in [-0.3, -0.25) is 0 Å². The number of hydrogen-bond acceptors (Lipinski definition) is 1. The quantitative estimate of drug-likeness (QED) is 0.793. The van der Waals surface area contributed by atoms with Gasteiger partial charge in [0.2, 0.25) is 0 Å². The number of hydrogen-bond donors (Lipinski definition) is 1. The molecule has 1 aromatic rings. The first-order valence-electron chi connectivity index (χ1n) is 8.08. The average Bonchev–Trinajstić information content (AvgIpc) is 2.41. The summed E-state index contributed by atoms with van der Waals surface area (Å²) in [5, 5.41) is 3.74. The van der Waals surface area contributed by atoms with Crippen molar-refractivity contribution in [1.29, 1.82) is 0 Å². The topological polar surface area (TPSA) is 12.0 Å². The lowest BCUT2D eigenvalue weighted by Crippen LogP contribution is -2.41. The molecule has 1 fully saturated rings. The van der Waals surface area contributed by atoms with Gasteiger partial charge in [-0.25, -0.2) is 0 Å². The zero-order valence-electron chi connectivity index (χ0n) is 13.0. The predicted octanol–water partition coefficient (Wildman–Crippen LogP) is 5.04. The normalized spacial score (nSPS) is 28.3. The van der Waals surface area contributed by atoms with E-state index in [1.54, 1.807) is 0 Å². The van der Waals surface area contributed by atoms with Gasteiger partial charge in [-0.15, -0.1) is 0 Å². The number of rotatable bonds is 5. The van der Waals surface area contributed by atoms with Gasteiger partial charge in [-0.1, -0.05) is 55.3 Å². The van der Waals surface area contributed by atoms with Crippen LogP contribution in [0.15, 0.2) is 28.7 Å². The van der Waals surface area contributed by atoms with E-state index in [1.807, 2.05) is 0 Å². The number of likely N-dealkylation sites (N-methyl/N-ethyl adjacent to an activating group) is 1. The van der Waals surface area contributed by atoms with E-state index < -0.39 is 0 Å². The molecule has 0 amide bonds. The van der Waals surface area contributed by atoms with E-state index >= 15 is 0 Å². The molecular formula is C18H28BrN. The number of benzene rings is 1. The molecule has 1 nitrogen and oxygen atoms in total. The SMILES string of the molecule is CCNC(Cc1cccc(Br)c1)C1CCC(C)C(C)C1. The number of halogens is 1. The van der Waals surface area contributed by atoms with Crippen molar-refractivity contribution in [2.45, 2.75) is 52.5 Å². The summed E-state index contributed by atoms with van der Waals surface area (Å²) < 4.78 is 1.19. The maximum Gasteiger partial charge on any atom is 0.0178 e. The van der Waals surface area contributed by atoms with Gasteiger partial charge >= 0.3 is 0 Å². The maximum atomic E-state index is 3.74. The zero-order valence-corrected chi connectivity index (χ0v) is 14.6. The largest absolute Gasteiger partial charge is 0.314 e. The molecule has 0 aromatic heterocycles. The minimum atomic E-state index is 0.629. The highest BCUT2D eigenvalue weighted by atomic mass is 79.9. The van der Waals surface area contributed by atoms with Crippen LogP contribution in [0, 0.1) is 17.8 Å². The predicted molar refractivity (Wildman–Crippen MR) is 91.0 cm³/mol. The fourth-order valence-electron chi connectivity index (χ4n) is 3.54. The van der Waals surface area contributed by atoms with Crippen molar-refractivity contribution in [2.24, 2.45) is 17.8 Å².